The summed E-state index contributed by atoms with van der Waals surface area (Å²) in [5.74, 6) is 0. The van der Waals surface area contributed by atoms with Gasteiger partial charge >= 0.3 is 0 Å². The Morgan fingerprint density at radius 3 is 2.43 bits per heavy atom. The van der Waals surface area contributed by atoms with E-state index in [1.165, 1.54) is 53.8 Å². The summed E-state index contributed by atoms with van der Waals surface area (Å²) in [4.78, 5) is 4.15. The Balaban J connectivity index is 1.83. The summed E-state index contributed by atoms with van der Waals surface area (Å²) in [6.45, 7) is 11.3. The molecule has 1 aromatic heterocycles. The van der Waals surface area contributed by atoms with Crippen molar-refractivity contribution in [1.29, 1.82) is 0 Å². The highest BCUT2D eigenvalue weighted by atomic mass is 15.5. The van der Waals surface area contributed by atoms with E-state index in [1.54, 1.807) is 0 Å². The predicted octanol–water partition coefficient (Wildman–Crippen LogP) is 1.15. The van der Waals surface area contributed by atoms with E-state index in [2.05, 4.69) is 50.6 Å². The fourth-order valence-corrected chi connectivity index (χ4v) is 3.26. The number of aryl methyl sites for hydroxylation is 2. The number of rotatable bonds is 5. The molecule has 0 amide bonds. The van der Waals surface area contributed by atoms with Crippen LogP contribution in [-0.4, -0.2) is 66.8 Å². The van der Waals surface area contributed by atoms with Gasteiger partial charge in [0.1, 0.15) is 38.1 Å². The van der Waals surface area contributed by atoms with Gasteiger partial charge in [-0.1, -0.05) is 4.98 Å². The average Bonchev–Trinajstić information content (AvgIpc) is 2.45. The molecular weight excluding hydrogens is 260 g/mol. The highest BCUT2D eigenvalue weighted by Gasteiger charge is 2.38. The van der Waals surface area contributed by atoms with Crippen molar-refractivity contribution in [3.05, 3.63) is 24.3 Å². The van der Waals surface area contributed by atoms with Crippen molar-refractivity contribution < 1.29 is 13.5 Å². The molecule has 4 heteroatoms. The SMILES string of the molecule is CC(C)[N+]1(C)CC[N+](C)(CCCc2ccnc[n+]2C)CC1. The van der Waals surface area contributed by atoms with Gasteiger partial charge in [-0.2, -0.15) is 0 Å². The maximum absolute atomic E-state index is 4.15. The third kappa shape index (κ3) is 4.01. The summed E-state index contributed by atoms with van der Waals surface area (Å²) in [6, 6.07) is 2.89. The lowest BCUT2D eigenvalue weighted by Crippen LogP contribution is -2.66. The van der Waals surface area contributed by atoms with Gasteiger partial charge in [0.25, 0.3) is 6.33 Å². The van der Waals surface area contributed by atoms with Gasteiger partial charge in [0.05, 0.1) is 33.7 Å². The highest BCUT2D eigenvalue weighted by Crippen LogP contribution is 2.19. The highest BCUT2D eigenvalue weighted by molar-refractivity contribution is 4.91. The van der Waals surface area contributed by atoms with Gasteiger partial charge in [0, 0.05) is 18.9 Å². The number of likely N-dealkylation sites (N-methyl/N-ethyl adjacent to an activating group) is 2. The van der Waals surface area contributed by atoms with E-state index in [4.69, 9.17) is 0 Å². The Labute approximate surface area is 130 Å². The molecule has 0 atom stereocenters. The number of piperazine rings is 1. The minimum Gasteiger partial charge on any atom is -0.317 e. The topological polar surface area (TPSA) is 16.8 Å². The molecule has 1 fully saturated rings. The third-order valence-electron chi connectivity index (χ3n) is 5.72. The third-order valence-corrected chi connectivity index (χ3v) is 5.72. The Bertz CT molecular complexity index is 462. The average molecular weight is 293 g/mol. The Morgan fingerprint density at radius 1 is 1.19 bits per heavy atom. The van der Waals surface area contributed by atoms with Gasteiger partial charge in [0.2, 0.25) is 0 Å². The van der Waals surface area contributed by atoms with Crippen LogP contribution in [-0.2, 0) is 13.5 Å². The molecule has 2 rings (SSSR count). The predicted molar refractivity (Wildman–Crippen MR) is 85.6 cm³/mol. The molecule has 1 aromatic rings. The Hall–Kier alpha value is -1.00. The van der Waals surface area contributed by atoms with Crippen LogP contribution >= 0.6 is 0 Å². The number of aromatic nitrogens is 2. The molecule has 0 spiro atoms. The van der Waals surface area contributed by atoms with Crippen molar-refractivity contribution in [3.8, 4) is 0 Å². The zero-order chi connectivity index (χ0) is 15.5. The molecule has 0 radical (unpaired) electrons. The molecule has 0 bridgehead atoms. The summed E-state index contributed by atoms with van der Waals surface area (Å²) in [7, 11) is 6.95. The smallest absolute Gasteiger partial charge is 0.286 e. The number of hydrogen-bond acceptors (Lipinski definition) is 1. The van der Waals surface area contributed by atoms with Crippen LogP contribution < -0.4 is 4.57 Å². The number of nitrogens with zero attached hydrogens (tertiary/aromatic N) is 4. The molecule has 1 aliphatic heterocycles. The second-order valence-electron chi connectivity index (χ2n) is 7.60. The molecule has 118 valence electrons. The molecule has 0 aromatic carbocycles. The van der Waals surface area contributed by atoms with Crippen LogP contribution in [0.15, 0.2) is 18.6 Å². The van der Waals surface area contributed by atoms with E-state index in [0.29, 0.717) is 0 Å². The van der Waals surface area contributed by atoms with Crippen LogP contribution in [0.25, 0.3) is 0 Å². The van der Waals surface area contributed by atoms with E-state index in [9.17, 15) is 0 Å². The Morgan fingerprint density at radius 2 is 1.86 bits per heavy atom. The molecule has 1 saturated heterocycles. The molecular formula is C17H33N4+3. The van der Waals surface area contributed by atoms with Crippen molar-refractivity contribution >= 4 is 0 Å². The standard InChI is InChI=1S/C17H33N4/c1-16(2)21(5)13-11-20(4,12-14-21)10-6-7-17-8-9-18-15-19(17)3/h8-9,15-16H,6-7,10-14H2,1-5H3/q+3. The maximum atomic E-state index is 4.15. The van der Waals surface area contributed by atoms with Crippen molar-refractivity contribution in [2.45, 2.75) is 32.7 Å². The minimum absolute atomic E-state index is 0.745. The first-order valence-electron chi connectivity index (χ1n) is 8.31. The maximum Gasteiger partial charge on any atom is 0.286 e. The van der Waals surface area contributed by atoms with Crippen molar-refractivity contribution in [1.82, 2.24) is 4.98 Å². The Kier molecular flexibility index (Phi) is 4.99. The molecule has 0 saturated carbocycles. The molecule has 2 heterocycles. The largest absolute Gasteiger partial charge is 0.317 e. The van der Waals surface area contributed by atoms with Gasteiger partial charge in [-0.05, 0) is 13.8 Å². The second-order valence-corrected chi connectivity index (χ2v) is 7.60. The van der Waals surface area contributed by atoms with Crippen LogP contribution in [0, 0.1) is 0 Å². The van der Waals surface area contributed by atoms with E-state index in [-0.39, 0.29) is 0 Å². The zero-order valence-electron chi connectivity index (χ0n) is 14.5. The summed E-state index contributed by atoms with van der Waals surface area (Å²) in [5, 5.41) is 0. The van der Waals surface area contributed by atoms with Gasteiger partial charge < -0.3 is 8.97 Å². The second kappa shape index (κ2) is 6.41. The summed E-state index contributed by atoms with van der Waals surface area (Å²) in [6.07, 6.45) is 6.22. The zero-order valence-corrected chi connectivity index (χ0v) is 14.5. The lowest BCUT2D eigenvalue weighted by Gasteiger charge is -2.48. The minimum atomic E-state index is 0.745. The lowest BCUT2D eigenvalue weighted by molar-refractivity contribution is -1.02. The number of hydrogen-bond donors (Lipinski definition) is 0. The monoisotopic (exact) mass is 293 g/mol. The lowest BCUT2D eigenvalue weighted by atomic mass is 10.1. The fourth-order valence-electron chi connectivity index (χ4n) is 3.26. The van der Waals surface area contributed by atoms with Crippen LogP contribution in [0.5, 0.6) is 0 Å². The van der Waals surface area contributed by atoms with E-state index in [1.807, 2.05) is 12.5 Å². The van der Waals surface area contributed by atoms with Gasteiger partial charge in [-0.25, -0.2) is 4.57 Å². The normalized spacial score (nSPS) is 29.8. The van der Waals surface area contributed by atoms with Crippen molar-refractivity contribution in [2.24, 2.45) is 7.05 Å². The van der Waals surface area contributed by atoms with Crippen molar-refractivity contribution in [3.63, 3.8) is 0 Å². The van der Waals surface area contributed by atoms with Gasteiger partial charge in [-0.3, -0.25) is 0 Å². The van der Waals surface area contributed by atoms with Crippen LogP contribution in [0.1, 0.15) is 26.0 Å². The molecule has 0 unspecified atom stereocenters. The van der Waals surface area contributed by atoms with E-state index < -0.39 is 0 Å². The molecule has 0 aliphatic carbocycles. The van der Waals surface area contributed by atoms with Gasteiger partial charge in [0.15, 0.2) is 0 Å². The molecule has 21 heavy (non-hydrogen) atoms. The van der Waals surface area contributed by atoms with Gasteiger partial charge in [-0.15, -0.1) is 0 Å². The summed E-state index contributed by atoms with van der Waals surface area (Å²) < 4.78 is 4.63. The molecule has 4 nitrogen and oxygen atoms in total. The fraction of sp³-hybridized carbons (Fsp3) is 0.765. The van der Waals surface area contributed by atoms with Crippen LogP contribution in [0.4, 0.5) is 0 Å². The summed E-state index contributed by atoms with van der Waals surface area (Å²) >= 11 is 0. The van der Waals surface area contributed by atoms with Crippen LogP contribution in [0.3, 0.4) is 0 Å². The van der Waals surface area contributed by atoms with Crippen molar-refractivity contribution in [2.75, 3.05) is 46.8 Å². The first kappa shape index (κ1) is 16.4. The first-order chi connectivity index (χ1) is 9.85. The van der Waals surface area contributed by atoms with Crippen LogP contribution in [0.2, 0.25) is 0 Å². The first-order valence-corrected chi connectivity index (χ1v) is 8.31. The quantitative estimate of drug-likeness (QED) is 0.588. The number of quaternary nitrogens is 2. The molecule has 0 N–H and O–H groups in total. The molecule has 1 aliphatic rings. The van der Waals surface area contributed by atoms with E-state index in [0.717, 1.165) is 12.5 Å². The van der Waals surface area contributed by atoms with E-state index >= 15 is 0 Å². The summed E-state index contributed by atoms with van der Waals surface area (Å²) in [5.41, 5.74) is 1.39.